The van der Waals surface area contributed by atoms with E-state index in [0.717, 1.165) is 49.5 Å². The molecule has 0 aliphatic carbocycles. The van der Waals surface area contributed by atoms with Crippen LogP contribution in [0.15, 0.2) is 59.1 Å². The minimum Gasteiger partial charge on any atom is -0.339 e. The Kier molecular flexibility index (Phi) is 5.09. The van der Waals surface area contributed by atoms with Crippen LogP contribution in [0.3, 0.4) is 0 Å². The molecule has 2 N–H and O–H groups in total. The zero-order valence-electron chi connectivity index (χ0n) is 14.8. The third-order valence-electron chi connectivity index (χ3n) is 4.99. The van der Waals surface area contributed by atoms with Crippen LogP contribution in [0.25, 0.3) is 11.4 Å². The number of hydrogen-bond acceptors (Lipinski definition) is 5. The summed E-state index contributed by atoms with van der Waals surface area (Å²) < 4.78 is 5.60. The lowest BCUT2D eigenvalue weighted by Crippen LogP contribution is -2.34. The molecule has 1 fully saturated rings. The molecular weight excluding hydrogens is 324 g/mol. The Morgan fingerprint density at radius 3 is 2.62 bits per heavy atom. The highest BCUT2D eigenvalue weighted by molar-refractivity contribution is 5.54. The Hall–Kier alpha value is -2.50. The molecule has 5 nitrogen and oxygen atoms in total. The van der Waals surface area contributed by atoms with Crippen molar-refractivity contribution in [3.8, 4) is 11.4 Å². The van der Waals surface area contributed by atoms with Crippen LogP contribution < -0.4 is 5.73 Å². The molecule has 0 saturated carbocycles. The summed E-state index contributed by atoms with van der Waals surface area (Å²) >= 11 is 0. The minimum atomic E-state index is 0.303. The smallest absolute Gasteiger partial charge is 0.231 e. The molecule has 1 saturated heterocycles. The molecule has 3 aromatic rings. The first-order chi connectivity index (χ1) is 12.8. The summed E-state index contributed by atoms with van der Waals surface area (Å²) in [5, 5.41) is 4.19. The summed E-state index contributed by atoms with van der Waals surface area (Å²) in [4.78, 5) is 7.14. The molecule has 0 spiro atoms. The molecule has 0 amide bonds. The average molecular weight is 348 g/mol. The Morgan fingerprint density at radius 1 is 1.04 bits per heavy atom. The van der Waals surface area contributed by atoms with Gasteiger partial charge in [-0.05, 0) is 30.5 Å². The normalized spacial score (nSPS) is 18.1. The van der Waals surface area contributed by atoms with Gasteiger partial charge in [-0.15, -0.1) is 0 Å². The second-order valence-corrected chi connectivity index (χ2v) is 6.92. The molecule has 1 atom stereocenters. The van der Waals surface area contributed by atoms with Crippen molar-refractivity contribution in [1.82, 2.24) is 15.0 Å². The first kappa shape index (κ1) is 16.9. The fourth-order valence-electron chi connectivity index (χ4n) is 3.55. The second-order valence-electron chi connectivity index (χ2n) is 6.92. The highest BCUT2D eigenvalue weighted by Gasteiger charge is 2.26. The number of hydrogen-bond donors (Lipinski definition) is 1. The number of benzene rings is 2. The van der Waals surface area contributed by atoms with Gasteiger partial charge < -0.3 is 10.3 Å². The van der Waals surface area contributed by atoms with Gasteiger partial charge in [0.15, 0.2) is 0 Å². The molecule has 134 valence electrons. The number of nitrogens with two attached hydrogens (primary N) is 1. The number of nitrogens with zero attached hydrogens (tertiary/aromatic N) is 3. The molecule has 0 radical (unpaired) electrons. The fourth-order valence-corrected chi connectivity index (χ4v) is 3.55. The van der Waals surface area contributed by atoms with Crippen molar-refractivity contribution in [2.45, 2.75) is 31.8 Å². The molecule has 26 heavy (non-hydrogen) atoms. The largest absolute Gasteiger partial charge is 0.339 e. The lowest BCUT2D eigenvalue weighted by molar-refractivity contribution is 0.180. The molecular formula is C21H24N4O. The predicted molar refractivity (Wildman–Crippen MR) is 101 cm³/mol. The predicted octanol–water partition coefficient (Wildman–Crippen LogP) is 3.57. The summed E-state index contributed by atoms with van der Waals surface area (Å²) in [6, 6.07) is 18.6. The summed E-state index contributed by atoms with van der Waals surface area (Å²) in [5.74, 6) is 1.71. The first-order valence-electron chi connectivity index (χ1n) is 9.21. The monoisotopic (exact) mass is 348 g/mol. The van der Waals surface area contributed by atoms with E-state index in [-0.39, 0.29) is 0 Å². The standard InChI is InChI=1S/C21H24N4O/c22-13-16-8-10-18(11-9-16)20-23-21(26-24-20)19-7-4-12-25(15-19)14-17-5-2-1-3-6-17/h1-3,5-6,8-11,19H,4,7,12-15,22H2. The molecule has 1 aromatic heterocycles. The van der Waals surface area contributed by atoms with Gasteiger partial charge in [-0.2, -0.15) is 4.98 Å². The molecule has 1 aliphatic rings. The van der Waals surface area contributed by atoms with E-state index in [4.69, 9.17) is 10.3 Å². The van der Waals surface area contributed by atoms with E-state index in [1.807, 2.05) is 24.3 Å². The molecule has 5 heteroatoms. The summed E-state index contributed by atoms with van der Waals surface area (Å²) in [7, 11) is 0. The third kappa shape index (κ3) is 3.84. The summed E-state index contributed by atoms with van der Waals surface area (Å²) in [6.45, 7) is 3.59. The van der Waals surface area contributed by atoms with Gasteiger partial charge >= 0.3 is 0 Å². The van der Waals surface area contributed by atoms with E-state index >= 15 is 0 Å². The summed E-state index contributed by atoms with van der Waals surface area (Å²) in [5.41, 5.74) is 9.07. The van der Waals surface area contributed by atoms with Crippen molar-refractivity contribution >= 4 is 0 Å². The van der Waals surface area contributed by atoms with Crippen molar-refractivity contribution in [2.75, 3.05) is 13.1 Å². The molecule has 1 aliphatic heterocycles. The average Bonchev–Trinajstić information content (AvgIpc) is 3.19. The van der Waals surface area contributed by atoms with Crippen LogP contribution in [-0.4, -0.2) is 28.1 Å². The van der Waals surface area contributed by atoms with E-state index in [0.29, 0.717) is 18.3 Å². The van der Waals surface area contributed by atoms with Crippen LogP contribution in [0.1, 0.15) is 35.8 Å². The quantitative estimate of drug-likeness (QED) is 0.763. The van der Waals surface area contributed by atoms with Gasteiger partial charge in [0.05, 0.1) is 5.92 Å². The Balaban J connectivity index is 1.44. The lowest BCUT2D eigenvalue weighted by Gasteiger charge is -2.30. The van der Waals surface area contributed by atoms with Gasteiger partial charge in [0.2, 0.25) is 11.7 Å². The minimum absolute atomic E-state index is 0.303. The Morgan fingerprint density at radius 2 is 1.85 bits per heavy atom. The topological polar surface area (TPSA) is 68.2 Å². The van der Waals surface area contributed by atoms with Crippen molar-refractivity contribution in [2.24, 2.45) is 5.73 Å². The van der Waals surface area contributed by atoms with Gasteiger partial charge in [0, 0.05) is 25.2 Å². The van der Waals surface area contributed by atoms with Crippen LogP contribution in [0, 0.1) is 0 Å². The van der Waals surface area contributed by atoms with Gasteiger partial charge in [-0.1, -0.05) is 59.8 Å². The van der Waals surface area contributed by atoms with Crippen LogP contribution in [0.4, 0.5) is 0 Å². The maximum absolute atomic E-state index is 5.65. The van der Waals surface area contributed by atoms with Gasteiger partial charge in [0.25, 0.3) is 0 Å². The van der Waals surface area contributed by atoms with Crippen LogP contribution in [0.2, 0.25) is 0 Å². The molecule has 0 bridgehead atoms. The Bertz CT molecular complexity index is 829. The van der Waals surface area contributed by atoms with E-state index in [2.05, 4.69) is 45.4 Å². The maximum atomic E-state index is 5.65. The maximum Gasteiger partial charge on any atom is 0.231 e. The second kappa shape index (κ2) is 7.81. The fraction of sp³-hybridized carbons (Fsp3) is 0.333. The van der Waals surface area contributed by atoms with Crippen molar-refractivity contribution < 1.29 is 4.52 Å². The van der Waals surface area contributed by atoms with Crippen molar-refractivity contribution in [3.63, 3.8) is 0 Å². The molecule has 2 heterocycles. The van der Waals surface area contributed by atoms with Crippen molar-refractivity contribution in [3.05, 3.63) is 71.6 Å². The van der Waals surface area contributed by atoms with Crippen LogP contribution >= 0.6 is 0 Å². The number of rotatable bonds is 5. The van der Waals surface area contributed by atoms with Gasteiger partial charge in [0.1, 0.15) is 0 Å². The van der Waals surface area contributed by atoms with Crippen molar-refractivity contribution in [1.29, 1.82) is 0 Å². The third-order valence-corrected chi connectivity index (χ3v) is 4.99. The number of likely N-dealkylation sites (tertiary alicyclic amines) is 1. The van der Waals surface area contributed by atoms with Crippen LogP contribution in [0.5, 0.6) is 0 Å². The molecule has 4 rings (SSSR count). The summed E-state index contributed by atoms with van der Waals surface area (Å²) in [6.07, 6.45) is 2.25. The highest BCUT2D eigenvalue weighted by atomic mass is 16.5. The van der Waals surface area contributed by atoms with E-state index in [9.17, 15) is 0 Å². The molecule has 1 unspecified atom stereocenters. The number of piperidine rings is 1. The zero-order chi connectivity index (χ0) is 17.8. The van der Waals surface area contributed by atoms with E-state index in [1.54, 1.807) is 0 Å². The van der Waals surface area contributed by atoms with Crippen LogP contribution in [-0.2, 0) is 13.1 Å². The van der Waals surface area contributed by atoms with E-state index < -0.39 is 0 Å². The van der Waals surface area contributed by atoms with Gasteiger partial charge in [-0.25, -0.2) is 0 Å². The number of aromatic nitrogens is 2. The molecule has 2 aromatic carbocycles. The van der Waals surface area contributed by atoms with E-state index in [1.165, 1.54) is 5.56 Å². The highest BCUT2D eigenvalue weighted by Crippen LogP contribution is 2.28. The Labute approximate surface area is 153 Å². The SMILES string of the molecule is NCc1ccc(-c2noc(C3CCCN(Cc4ccccc4)C3)n2)cc1. The van der Waals surface area contributed by atoms with Gasteiger partial charge in [-0.3, -0.25) is 4.90 Å². The lowest BCUT2D eigenvalue weighted by atomic mass is 9.97. The zero-order valence-corrected chi connectivity index (χ0v) is 14.8. The first-order valence-corrected chi connectivity index (χ1v) is 9.21.